The summed E-state index contributed by atoms with van der Waals surface area (Å²) in [5, 5.41) is 4.42. The zero-order chi connectivity index (χ0) is 17.4. The van der Waals surface area contributed by atoms with E-state index in [9.17, 15) is 0 Å². The third kappa shape index (κ3) is 2.76. The fourth-order valence-corrected chi connectivity index (χ4v) is 2.59. The number of imidazole rings is 1. The molecule has 0 unspecified atom stereocenters. The van der Waals surface area contributed by atoms with Gasteiger partial charge in [0.15, 0.2) is 11.5 Å². The van der Waals surface area contributed by atoms with E-state index in [4.69, 9.17) is 0 Å². The third-order valence-corrected chi connectivity index (χ3v) is 3.94. The van der Waals surface area contributed by atoms with Gasteiger partial charge in [-0.15, -0.1) is 5.10 Å². The maximum absolute atomic E-state index is 4.60. The van der Waals surface area contributed by atoms with Crippen LogP contribution in [-0.2, 0) is 7.05 Å². The number of rotatable bonds is 1. The van der Waals surface area contributed by atoms with Crippen molar-refractivity contribution >= 4 is 5.65 Å². The van der Waals surface area contributed by atoms with Crippen molar-refractivity contribution < 1.29 is 0 Å². The highest BCUT2D eigenvalue weighted by Gasteiger charge is 2.08. The van der Waals surface area contributed by atoms with Crippen LogP contribution in [0.15, 0.2) is 42.7 Å². The van der Waals surface area contributed by atoms with Crippen molar-refractivity contribution in [3.05, 3.63) is 65.8 Å². The van der Waals surface area contributed by atoms with Crippen molar-refractivity contribution in [2.24, 2.45) is 7.05 Å². The molecule has 122 valence electrons. The summed E-state index contributed by atoms with van der Waals surface area (Å²) >= 11 is 0. The van der Waals surface area contributed by atoms with Gasteiger partial charge in [-0.1, -0.05) is 30.3 Å². The Morgan fingerprint density at radius 3 is 2.56 bits per heavy atom. The van der Waals surface area contributed by atoms with E-state index in [1.165, 1.54) is 0 Å². The van der Waals surface area contributed by atoms with Crippen molar-refractivity contribution in [2.75, 3.05) is 0 Å². The van der Waals surface area contributed by atoms with Gasteiger partial charge in [0, 0.05) is 30.6 Å². The van der Waals surface area contributed by atoms with E-state index < -0.39 is 0 Å². The van der Waals surface area contributed by atoms with E-state index in [1.807, 2.05) is 62.0 Å². The lowest BCUT2D eigenvalue weighted by molar-refractivity contribution is 0.852. The number of nitrogens with zero attached hydrogens (tertiary/aromatic N) is 6. The third-order valence-electron chi connectivity index (χ3n) is 3.94. The first-order valence-electron chi connectivity index (χ1n) is 7.91. The normalized spacial score (nSPS) is 10.7. The maximum atomic E-state index is 4.60. The van der Waals surface area contributed by atoms with Crippen LogP contribution < -0.4 is 0 Å². The van der Waals surface area contributed by atoms with Crippen molar-refractivity contribution in [3.63, 3.8) is 0 Å². The van der Waals surface area contributed by atoms with Crippen LogP contribution in [0.2, 0.25) is 0 Å². The van der Waals surface area contributed by atoms with Crippen molar-refractivity contribution in [1.29, 1.82) is 0 Å². The van der Waals surface area contributed by atoms with Crippen LogP contribution >= 0.6 is 0 Å². The fourth-order valence-electron chi connectivity index (χ4n) is 2.59. The minimum absolute atomic E-state index is 0.462. The average Bonchev–Trinajstić information content (AvgIpc) is 3.22. The zero-order valence-corrected chi connectivity index (χ0v) is 14.2. The summed E-state index contributed by atoms with van der Waals surface area (Å²) in [5.74, 6) is 7.98. The minimum atomic E-state index is 0.462. The molecule has 3 heterocycles. The summed E-state index contributed by atoms with van der Waals surface area (Å²) in [5.41, 5.74) is 3.71. The van der Waals surface area contributed by atoms with Crippen molar-refractivity contribution in [2.45, 2.75) is 13.8 Å². The van der Waals surface area contributed by atoms with Gasteiger partial charge in [-0.3, -0.25) is 0 Å². The standard InChI is InChI=1S/C19H16N6/c1-13-11-20-14(2)25-19(13)22-17(23-25)9-10-18-21-16(12-24(18)3)15-7-5-4-6-8-15/h4-8,11-12H,1-3H3. The predicted octanol–water partition coefficient (Wildman–Crippen LogP) is 2.54. The van der Waals surface area contributed by atoms with Gasteiger partial charge in [0.1, 0.15) is 5.82 Å². The highest BCUT2D eigenvalue weighted by molar-refractivity contribution is 5.59. The lowest BCUT2D eigenvalue weighted by atomic mass is 10.2. The molecule has 6 nitrogen and oxygen atoms in total. The lowest BCUT2D eigenvalue weighted by Crippen LogP contribution is -1.98. The van der Waals surface area contributed by atoms with Crippen LogP contribution in [0.25, 0.3) is 16.9 Å². The Labute approximate surface area is 145 Å². The first-order chi connectivity index (χ1) is 12.1. The molecule has 25 heavy (non-hydrogen) atoms. The van der Waals surface area contributed by atoms with Gasteiger partial charge in [-0.2, -0.15) is 9.50 Å². The van der Waals surface area contributed by atoms with Gasteiger partial charge in [-0.25, -0.2) is 9.97 Å². The second-order valence-corrected chi connectivity index (χ2v) is 5.84. The monoisotopic (exact) mass is 328 g/mol. The molecule has 0 aliphatic heterocycles. The van der Waals surface area contributed by atoms with Crippen molar-refractivity contribution in [3.8, 4) is 23.1 Å². The highest BCUT2D eigenvalue weighted by Crippen LogP contribution is 2.17. The molecular weight excluding hydrogens is 312 g/mol. The molecule has 3 aromatic heterocycles. The first kappa shape index (κ1) is 15.1. The SMILES string of the molecule is Cc1cnc(C)n2nc(C#Cc3nc(-c4ccccc4)cn3C)nc12. The molecule has 0 amide bonds. The van der Waals surface area contributed by atoms with Gasteiger partial charge >= 0.3 is 0 Å². The number of benzene rings is 1. The summed E-state index contributed by atoms with van der Waals surface area (Å²) in [6.07, 6.45) is 3.76. The van der Waals surface area contributed by atoms with Crippen LogP contribution in [0.4, 0.5) is 0 Å². The number of hydrogen-bond acceptors (Lipinski definition) is 4. The Bertz CT molecular complexity index is 1090. The Balaban J connectivity index is 1.71. The first-order valence-corrected chi connectivity index (χ1v) is 7.91. The Kier molecular flexibility index (Phi) is 3.55. The molecule has 4 aromatic rings. The van der Waals surface area contributed by atoms with E-state index in [-0.39, 0.29) is 0 Å². The predicted molar refractivity (Wildman–Crippen MR) is 94.9 cm³/mol. The summed E-state index contributed by atoms with van der Waals surface area (Å²) in [7, 11) is 1.93. The van der Waals surface area contributed by atoms with Crippen LogP contribution in [0.5, 0.6) is 0 Å². The minimum Gasteiger partial charge on any atom is -0.327 e. The van der Waals surface area contributed by atoms with Crippen molar-refractivity contribution in [1.82, 2.24) is 29.1 Å². The molecule has 0 spiro atoms. The lowest BCUT2D eigenvalue weighted by Gasteiger charge is -1.97. The zero-order valence-electron chi connectivity index (χ0n) is 14.2. The van der Waals surface area contributed by atoms with Crippen LogP contribution in [0.1, 0.15) is 23.0 Å². The van der Waals surface area contributed by atoms with Gasteiger partial charge < -0.3 is 4.57 Å². The summed E-state index contributed by atoms with van der Waals surface area (Å²) in [6.45, 7) is 3.85. The molecule has 0 fully saturated rings. The number of hydrogen-bond donors (Lipinski definition) is 0. The molecule has 0 N–H and O–H groups in total. The second-order valence-electron chi connectivity index (χ2n) is 5.84. The molecule has 0 saturated heterocycles. The van der Waals surface area contributed by atoms with E-state index >= 15 is 0 Å². The quantitative estimate of drug-likeness (QED) is 0.504. The van der Waals surface area contributed by atoms with Crippen LogP contribution in [0.3, 0.4) is 0 Å². The highest BCUT2D eigenvalue weighted by atomic mass is 15.3. The number of fused-ring (bicyclic) bond motifs is 1. The molecule has 0 radical (unpaired) electrons. The van der Waals surface area contributed by atoms with Gasteiger partial charge in [0.2, 0.25) is 5.82 Å². The van der Waals surface area contributed by atoms with Gasteiger partial charge in [0.05, 0.1) is 5.69 Å². The van der Waals surface area contributed by atoms with E-state index in [0.717, 1.165) is 28.3 Å². The van der Waals surface area contributed by atoms with E-state index in [0.29, 0.717) is 11.6 Å². The van der Waals surface area contributed by atoms with E-state index in [2.05, 4.69) is 31.9 Å². The molecule has 0 bridgehead atoms. The van der Waals surface area contributed by atoms with Gasteiger partial charge in [-0.05, 0) is 25.7 Å². The Morgan fingerprint density at radius 2 is 1.80 bits per heavy atom. The molecule has 0 saturated carbocycles. The van der Waals surface area contributed by atoms with Crippen LogP contribution in [0, 0.1) is 25.7 Å². The molecular formula is C19H16N6. The smallest absolute Gasteiger partial charge is 0.226 e. The largest absolute Gasteiger partial charge is 0.327 e. The average molecular weight is 328 g/mol. The molecule has 0 atom stereocenters. The van der Waals surface area contributed by atoms with Crippen LogP contribution in [-0.4, -0.2) is 29.1 Å². The maximum Gasteiger partial charge on any atom is 0.226 e. The molecule has 0 aliphatic rings. The number of aryl methyl sites for hydroxylation is 3. The Hall–Kier alpha value is -3.46. The molecule has 0 aliphatic carbocycles. The molecule has 1 aromatic carbocycles. The second kappa shape index (κ2) is 5.87. The van der Waals surface area contributed by atoms with E-state index in [1.54, 1.807) is 10.7 Å². The summed E-state index contributed by atoms with van der Waals surface area (Å²) < 4.78 is 3.62. The molecule has 6 heteroatoms. The fraction of sp³-hybridized carbons (Fsp3) is 0.158. The summed E-state index contributed by atoms with van der Waals surface area (Å²) in [4.78, 5) is 13.4. The Morgan fingerprint density at radius 1 is 1.00 bits per heavy atom. The summed E-state index contributed by atoms with van der Waals surface area (Å²) in [6, 6.07) is 10.0. The van der Waals surface area contributed by atoms with Gasteiger partial charge in [0.25, 0.3) is 0 Å². The molecule has 4 rings (SSSR count). The topological polar surface area (TPSA) is 60.9 Å². The number of aromatic nitrogens is 6.